The first-order chi connectivity index (χ1) is 16.8. The third-order valence-electron chi connectivity index (χ3n) is 6.82. The molecule has 0 bridgehead atoms. The molecule has 0 radical (unpaired) electrons. The molecule has 0 atom stereocenters. The lowest BCUT2D eigenvalue weighted by Crippen LogP contribution is -2.35. The van der Waals surface area contributed by atoms with Gasteiger partial charge >= 0.3 is 0 Å². The van der Waals surface area contributed by atoms with Gasteiger partial charge in [-0.05, 0) is 43.9 Å². The average molecular weight is 465 g/mol. The maximum absolute atomic E-state index is 5.66. The molecule has 1 saturated carbocycles. The van der Waals surface area contributed by atoms with Crippen LogP contribution >= 0.6 is 0 Å². The number of hydrogen-bond acceptors (Lipinski definition) is 8. The Morgan fingerprint density at radius 1 is 1.06 bits per heavy atom. The van der Waals surface area contributed by atoms with Crippen LogP contribution in [0.15, 0.2) is 30.6 Å². The predicted molar refractivity (Wildman–Crippen MR) is 135 cm³/mol. The molecule has 2 fully saturated rings. The quantitative estimate of drug-likeness (QED) is 0.390. The molecule has 9 heteroatoms. The van der Waals surface area contributed by atoms with E-state index in [1.165, 1.54) is 31.2 Å². The molecule has 182 valence electrons. The Morgan fingerprint density at radius 3 is 2.71 bits per heavy atom. The Balaban J connectivity index is 1.45. The van der Waals surface area contributed by atoms with Crippen molar-refractivity contribution >= 4 is 28.6 Å². The summed E-state index contributed by atoms with van der Waals surface area (Å²) in [6.07, 6.45) is 8.80. The van der Waals surface area contributed by atoms with Crippen LogP contribution in [0.25, 0.3) is 11.2 Å². The molecule has 2 aromatic heterocycles. The summed E-state index contributed by atoms with van der Waals surface area (Å²) in [5.74, 6) is 1.38. The van der Waals surface area contributed by atoms with E-state index < -0.39 is 0 Å². The van der Waals surface area contributed by atoms with Gasteiger partial charge in [0.15, 0.2) is 17.0 Å². The van der Waals surface area contributed by atoms with E-state index >= 15 is 0 Å². The third kappa shape index (κ3) is 5.32. The van der Waals surface area contributed by atoms with Crippen LogP contribution in [0.1, 0.15) is 50.1 Å². The minimum atomic E-state index is 0.464. The number of morpholine rings is 1. The summed E-state index contributed by atoms with van der Waals surface area (Å²) < 4.78 is 7.77. The monoisotopic (exact) mass is 464 g/mol. The van der Waals surface area contributed by atoms with Crippen molar-refractivity contribution in [2.75, 3.05) is 50.0 Å². The first-order valence-electron chi connectivity index (χ1n) is 12.7. The minimum absolute atomic E-state index is 0.464. The van der Waals surface area contributed by atoms with Gasteiger partial charge in [0.2, 0.25) is 5.95 Å². The van der Waals surface area contributed by atoms with E-state index in [9.17, 15) is 0 Å². The van der Waals surface area contributed by atoms with Gasteiger partial charge in [0, 0.05) is 37.9 Å². The molecule has 5 rings (SSSR count). The normalized spacial score (nSPS) is 17.4. The fraction of sp³-hybridized carbons (Fsp3) is 0.560. The zero-order valence-electron chi connectivity index (χ0n) is 19.9. The van der Waals surface area contributed by atoms with Gasteiger partial charge in [-0.1, -0.05) is 31.0 Å². The van der Waals surface area contributed by atoms with E-state index in [0.717, 1.165) is 74.9 Å². The highest BCUT2D eigenvalue weighted by atomic mass is 16.5. The summed E-state index contributed by atoms with van der Waals surface area (Å²) in [5, 5.41) is 7.01. The summed E-state index contributed by atoms with van der Waals surface area (Å²) in [6.45, 7) is 5.86. The van der Waals surface area contributed by atoms with Crippen LogP contribution < -0.4 is 16.4 Å². The van der Waals surface area contributed by atoms with Gasteiger partial charge in [0.05, 0.1) is 19.5 Å². The molecule has 3 heterocycles. The van der Waals surface area contributed by atoms with Crippen LogP contribution in [0.4, 0.5) is 17.5 Å². The Hall–Kier alpha value is -2.75. The number of para-hydroxylation sites is 1. The number of nitrogens with zero attached hydrogens (tertiary/aromatic N) is 5. The van der Waals surface area contributed by atoms with Gasteiger partial charge in [-0.3, -0.25) is 4.90 Å². The van der Waals surface area contributed by atoms with Crippen molar-refractivity contribution in [3.05, 3.63) is 36.2 Å². The third-order valence-corrected chi connectivity index (χ3v) is 6.82. The number of rotatable bonds is 10. The molecule has 4 N–H and O–H groups in total. The number of hydrogen-bond donors (Lipinski definition) is 3. The summed E-state index contributed by atoms with van der Waals surface area (Å²) in [6, 6.07) is 8.92. The lowest BCUT2D eigenvalue weighted by Gasteiger charge is -2.27. The van der Waals surface area contributed by atoms with Crippen molar-refractivity contribution in [2.24, 2.45) is 5.73 Å². The number of aromatic nitrogens is 4. The van der Waals surface area contributed by atoms with Crippen LogP contribution in [-0.4, -0.2) is 63.8 Å². The van der Waals surface area contributed by atoms with Crippen molar-refractivity contribution < 1.29 is 4.74 Å². The summed E-state index contributed by atoms with van der Waals surface area (Å²) in [7, 11) is 0. The second-order valence-electron chi connectivity index (χ2n) is 9.25. The SMILES string of the molecule is NCCCCNc1nc(Nc2ccccc2CN2CCOCC2)c2ncn(C3CCCC3)c2n1. The van der Waals surface area contributed by atoms with E-state index in [1.807, 2.05) is 6.33 Å². The van der Waals surface area contributed by atoms with E-state index in [4.69, 9.17) is 25.4 Å². The highest BCUT2D eigenvalue weighted by molar-refractivity contribution is 5.87. The Bertz CT molecular complexity index is 1070. The molecule has 1 aliphatic heterocycles. The van der Waals surface area contributed by atoms with Gasteiger partial charge in [0.25, 0.3) is 0 Å². The second-order valence-corrected chi connectivity index (χ2v) is 9.25. The summed E-state index contributed by atoms with van der Waals surface area (Å²) in [5.41, 5.74) is 9.67. The standard InChI is InChI=1S/C25H36N8O/c26-11-5-6-12-27-25-30-23(22-24(31-25)33(18-28-22)20-8-2-3-9-20)29-21-10-4-1-7-19(21)17-32-13-15-34-16-14-32/h1,4,7,10,18,20H,2-3,5-6,8-9,11-17,26H2,(H2,27,29,30,31). The number of fused-ring (bicyclic) bond motifs is 1. The van der Waals surface area contributed by atoms with Gasteiger partial charge < -0.3 is 25.7 Å². The van der Waals surface area contributed by atoms with E-state index in [2.05, 4.69) is 44.4 Å². The lowest BCUT2D eigenvalue weighted by molar-refractivity contribution is 0.0343. The Labute approximate surface area is 201 Å². The molecular formula is C25H36N8O. The van der Waals surface area contributed by atoms with Crippen molar-refractivity contribution in [3.8, 4) is 0 Å². The van der Waals surface area contributed by atoms with Crippen LogP contribution in [0, 0.1) is 0 Å². The number of nitrogens with two attached hydrogens (primary N) is 1. The molecule has 9 nitrogen and oxygen atoms in total. The molecule has 3 aromatic rings. The maximum Gasteiger partial charge on any atom is 0.226 e. The zero-order valence-corrected chi connectivity index (χ0v) is 19.9. The molecule has 0 spiro atoms. The van der Waals surface area contributed by atoms with Gasteiger partial charge in [-0.2, -0.15) is 9.97 Å². The van der Waals surface area contributed by atoms with Gasteiger partial charge in [-0.25, -0.2) is 4.98 Å². The van der Waals surface area contributed by atoms with Crippen molar-refractivity contribution in [1.82, 2.24) is 24.4 Å². The largest absolute Gasteiger partial charge is 0.379 e. The first-order valence-corrected chi connectivity index (χ1v) is 12.7. The number of imidazole rings is 1. The smallest absolute Gasteiger partial charge is 0.226 e. The number of anilines is 3. The first kappa shape index (κ1) is 23.0. The van der Waals surface area contributed by atoms with E-state index in [-0.39, 0.29) is 0 Å². The molecular weight excluding hydrogens is 428 g/mol. The fourth-order valence-electron chi connectivity index (χ4n) is 4.91. The number of benzene rings is 1. The van der Waals surface area contributed by atoms with Crippen LogP contribution in [-0.2, 0) is 11.3 Å². The second kappa shape index (κ2) is 11.1. The number of ether oxygens (including phenoxy) is 1. The van der Waals surface area contributed by atoms with E-state index in [1.54, 1.807) is 0 Å². The van der Waals surface area contributed by atoms with Crippen molar-refractivity contribution in [1.29, 1.82) is 0 Å². The predicted octanol–water partition coefficient (Wildman–Crippen LogP) is 3.67. The molecule has 34 heavy (non-hydrogen) atoms. The Morgan fingerprint density at radius 2 is 1.88 bits per heavy atom. The number of nitrogens with one attached hydrogen (secondary N) is 2. The summed E-state index contributed by atoms with van der Waals surface area (Å²) >= 11 is 0. The zero-order chi connectivity index (χ0) is 23.2. The molecule has 0 unspecified atom stereocenters. The highest BCUT2D eigenvalue weighted by Crippen LogP contribution is 2.34. The topological polar surface area (TPSA) is 106 Å². The maximum atomic E-state index is 5.66. The highest BCUT2D eigenvalue weighted by Gasteiger charge is 2.22. The summed E-state index contributed by atoms with van der Waals surface area (Å²) in [4.78, 5) is 16.9. The van der Waals surface area contributed by atoms with E-state index in [0.29, 0.717) is 18.5 Å². The molecule has 1 aliphatic carbocycles. The molecule has 1 saturated heterocycles. The van der Waals surface area contributed by atoms with Crippen molar-refractivity contribution in [2.45, 2.75) is 51.1 Å². The van der Waals surface area contributed by atoms with Crippen LogP contribution in [0.5, 0.6) is 0 Å². The lowest BCUT2D eigenvalue weighted by atomic mass is 10.1. The number of unbranched alkanes of at least 4 members (excludes halogenated alkanes) is 1. The van der Waals surface area contributed by atoms with Crippen LogP contribution in [0.3, 0.4) is 0 Å². The van der Waals surface area contributed by atoms with Crippen molar-refractivity contribution in [3.63, 3.8) is 0 Å². The molecule has 0 amide bonds. The molecule has 1 aromatic carbocycles. The average Bonchev–Trinajstić information content (AvgIpc) is 3.54. The van der Waals surface area contributed by atoms with Crippen LogP contribution in [0.2, 0.25) is 0 Å². The minimum Gasteiger partial charge on any atom is -0.379 e. The molecule has 2 aliphatic rings. The Kier molecular flexibility index (Phi) is 7.52. The van der Waals surface area contributed by atoms with Gasteiger partial charge in [-0.15, -0.1) is 0 Å². The fourth-order valence-corrected chi connectivity index (χ4v) is 4.91. The van der Waals surface area contributed by atoms with Gasteiger partial charge in [0.1, 0.15) is 0 Å².